The SMILES string of the molecule is C=CCN1C(=O)c2n[nH]c(COC)c2C1c1ccc(Br)cc1. The van der Waals surface area contributed by atoms with Crippen LogP contribution in [0.3, 0.4) is 0 Å². The van der Waals surface area contributed by atoms with Gasteiger partial charge in [0.15, 0.2) is 5.69 Å². The Morgan fingerprint density at radius 2 is 2.18 bits per heavy atom. The van der Waals surface area contributed by atoms with E-state index in [0.717, 1.165) is 21.3 Å². The first-order chi connectivity index (χ1) is 10.7. The number of aromatic nitrogens is 2. The van der Waals surface area contributed by atoms with E-state index in [1.165, 1.54) is 0 Å². The van der Waals surface area contributed by atoms with Gasteiger partial charge in [0, 0.05) is 23.7 Å². The normalized spacial score (nSPS) is 16.9. The lowest BCUT2D eigenvalue weighted by atomic mass is 9.99. The third-order valence-corrected chi connectivity index (χ3v) is 4.26. The van der Waals surface area contributed by atoms with Crippen molar-refractivity contribution in [3.05, 3.63) is 63.9 Å². The number of fused-ring (bicyclic) bond motifs is 1. The molecule has 2 aromatic rings. The molecule has 2 heterocycles. The van der Waals surface area contributed by atoms with Crippen LogP contribution in [0.25, 0.3) is 0 Å². The lowest BCUT2D eigenvalue weighted by Gasteiger charge is -2.25. The summed E-state index contributed by atoms with van der Waals surface area (Å²) in [7, 11) is 1.63. The van der Waals surface area contributed by atoms with Crippen LogP contribution in [0.15, 0.2) is 41.4 Å². The predicted octanol–water partition coefficient (Wildman–Crippen LogP) is 3.05. The van der Waals surface area contributed by atoms with Crippen LogP contribution in [0.2, 0.25) is 0 Å². The number of benzene rings is 1. The van der Waals surface area contributed by atoms with Gasteiger partial charge in [-0.15, -0.1) is 6.58 Å². The van der Waals surface area contributed by atoms with Gasteiger partial charge in [0.05, 0.1) is 18.3 Å². The van der Waals surface area contributed by atoms with Crippen LogP contribution in [-0.4, -0.2) is 34.7 Å². The summed E-state index contributed by atoms with van der Waals surface area (Å²) in [6, 6.07) is 7.80. The number of methoxy groups -OCH3 is 1. The number of amides is 1. The smallest absolute Gasteiger partial charge is 0.275 e. The minimum absolute atomic E-state index is 0.0820. The first-order valence-electron chi connectivity index (χ1n) is 6.90. The topological polar surface area (TPSA) is 58.2 Å². The van der Waals surface area contributed by atoms with Gasteiger partial charge in [0.1, 0.15) is 0 Å². The van der Waals surface area contributed by atoms with Gasteiger partial charge in [-0.25, -0.2) is 0 Å². The van der Waals surface area contributed by atoms with Crippen LogP contribution < -0.4 is 0 Å². The van der Waals surface area contributed by atoms with E-state index in [4.69, 9.17) is 4.74 Å². The summed E-state index contributed by atoms with van der Waals surface area (Å²) in [5, 5.41) is 7.11. The van der Waals surface area contributed by atoms with Crippen molar-refractivity contribution in [1.29, 1.82) is 0 Å². The summed E-state index contributed by atoms with van der Waals surface area (Å²) in [4.78, 5) is 14.4. The Bertz CT molecular complexity index is 709. The molecule has 1 N–H and O–H groups in total. The highest BCUT2D eigenvalue weighted by Crippen LogP contribution is 2.39. The van der Waals surface area contributed by atoms with E-state index in [-0.39, 0.29) is 11.9 Å². The molecule has 0 spiro atoms. The summed E-state index contributed by atoms with van der Waals surface area (Å²) in [6.07, 6.45) is 1.73. The number of hydrogen-bond donors (Lipinski definition) is 1. The number of ether oxygens (including phenoxy) is 1. The monoisotopic (exact) mass is 361 g/mol. The van der Waals surface area contributed by atoms with Crippen LogP contribution in [0.5, 0.6) is 0 Å². The Morgan fingerprint density at radius 1 is 1.45 bits per heavy atom. The van der Waals surface area contributed by atoms with Crippen molar-refractivity contribution < 1.29 is 9.53 Å². The van der Waals surface area contributed by atoms with Crippen LogP contribution in [0.4, 0.5) is 0 Å². The number of nitrogens with one attached hydrogen (secondary N) is 1. The van der Waals surface area contributed by atoms with E-state index in [2.05, 4.69) is 32.7 Å². The molecule has 0 bridgehead atoms. The van der Waals surface area contributed by atoms with E-state index in [9.17, 15) is 4.79 Å². The number of aromatic amines is 1. The average Bonchev–Trinajstić information content (AvgIpc) is 3.03. The predicted molar refractivity (Wildman–Crippen MR) is 86.5 cm³/mol. The second-order valence-corrected chi connectivity index (χ2v) is 6.01. The minimum Gasteiger partial charge on any atom is -0.378 e. The Hall–Kier alpha value is -1.92. The van der Waals surface area contributed by atoms with Crippen molar-refractivity contribution in [2.45, 2.75) is 12.6 Å². The van der Waals surface area contributed by atoms with Crippen molar-refractivity contribution in [1.82, 2.24) is 15.1 Å². The number of hydrogen-bond acceptors (Lipinski definition) is 3. The van der Waals surface area contributed by atoms with E-state index in [1.54, 1.807) is 18.1 Å². The highest BCUT2D eigenvalue weighted by Gasteiger charge is 2.41. The fourth-order valence-electron chi connectivity index (χ4n) is 2.83. The van der Waals surface area contributed by atoms with Crippen molar-refractivity contribution in [3.8, 4) is 0 Å². The van der Waals surface area contributed by atoms with Gasteiger partial charge in [-0.2, -0.15) is 5.10 Å². The maximum atomic E-state index is 12.6. The molecule has 5 nitrogen and oxygen atoms in total. The van der Waals surface area contributed by atoms with Crippen molar-refractivity contribution in [2.24, 2.45) is 0 Å². The lowest BCUT2D eigenvalue weighted by Crippen LogP contribution is -2.29. The Labute approximate surface area is 137 Å². The molecule has 1 aliphatic rings. The van der Waals surface area contributed by atoms with Gasteiger partial charge in [-0.05, 0) is 17.7 Å². The Morgan fingerprint density at radius 3 is 2.82 bits per heavy atom. The molecule has 0 saturated carbocycles. The number of rotatable bonds is 5. The third-order valence-electron chi connectivity index (χ3n) is 3.73. The zero-order chi connectivity index (χ0) is 15.7. The van der Waals surface area contributed by atoms with Crippen LogP contribution in [-0.2, 0) is 11.3 Å². The van der Waals surface area contributed by atoms with Gasteiger partial charge in [0.2, 0.25) is 0 Å². The molecular weight excluding hydrogens is 346 g/mol. The molecule has 1 unspecified atom stereocenters. The average molecular weight is 362 g/mol. The van der Waals surface area contributed by atoms with E-state index >= 15 is 0 Å². The maximum Gasteiger partial charge on any atom is 0.275 e. The third kappa shape index (κ3) is 2.38. The van der Waals surface area contributed by atoms with Crippen molar-refractivity contribution in [2.75, 3.05) is 13.7 Å². The fraction of sp³-hybridized carbons (Fsp3) is 0.250. The Balaban J connectivity index is 2.11. The quantitative estimate of drug-likeness (QED) is 0.832. The number of nitrogens with zero attached hydrogens (tertiary/aromatic N) is 2. The molecule has 0 fully saturated rings. The van der Waals surface area contributed by atoms with E-state index in [0.29, 0.717) is 18.8 Å². The molecular formula is C16H16BrN3O2. The van der Waals surface area contributed by atoms with E-state index < -0.39 is 0 Å². The van der Waals surface area contributed by atoms with Gasteiger partial charge >= 0.3 is 0 Å². The molecule has 114 valence electrons. The van der Waals surface area contributed by atoms with Crippen LogP contribution >= 0.6 is 15.9 Å². The summed E-state index contributed by atoms with van der Waals surface area (Å²) in [5.41, 5.74) is 3.25. The minimum atomic E-state index is -0.169. The molecule has 1 atom stereocenters. The van der Waals surface area contributed by atoms with Crippen molar-refractivity contribution >= 4 is 21.8 Å². The fourth-order valence-corrected chi connectivity index (χ4v) is 3.09. The first-order valence-corrected chi connectivity index (χ1v) is 7.70. The van der Waals surface area contributed by atoms with Gasteiger partial charge in [-0.1, -0.05) is 34.1 Å². The second-order valence-electron chi connectivity index (χ2n) is 5.10. The second kappa shape index (κ2) is 6.06. The molecule has 22 heavy (non-hydrogen) atoms. The molecule has 3 rings (SSSR count). The molecule has 1 amide bonds. The molecule has 0 radical (unpaired) electrons. The molecule has 1 aromatic heterocycles. The highest BCUT2D eigenvalue weighted by molar-refractivity contribution is 9.10. The summed E-state index contributed by atoms with van der Waals surface area (Å²) in [5.74, 6) is -0.0820. The Kier molecular flexibility index (Phi) is 4.13. The molecule has 0 aliphatic carbocycles. The summed E-state index contributed by atoms with van der Waals surface area (Å²) >= 11 is 3.44. The molecule has 0 saturated heterocycles. The summed E-state index contributed by atoms with van der Waals surface area (Å²) < 4.78 is 6.22. The molecule has 1 aromatic carbocycles. The van der Waals surface area contributed by atoms with Gasteiger partial charge < -0.3 is 9.64 Å². The molecule has 1 aliphatic heterocycles. The first kappa shape index (κ1) is 15.0. The maximum absolute atomic E-state index is 12.6. The van der Waals surface area contributed by atoms with E-state index in [1.807, 2.05) is 24.3 Å². The standard InChI is InChI=1S/C16H16BrN3O2/c1-3-8-20-15(10-4-6-11(17)7-5-10)13-12(9-22-2)18-19-14(13)16(20)21/h3-7,15H,1,8-9H2,2H3,(H,18,19). The number of halogens is 1. The number of H-pyrrole nitrogens is 1. The van der Waals surface area contributed by atoms with Crippen LogP contribution in [0.1, 0.15) is 33.4 Å². The zero-order valence-electron chi connectivity index (χ0n) is 12.2. The highest BCUT2D eigenvalue weighted by atomic mass is 79.9. The number of carbonyl (C=O) groups is 1. The van der Waals surface area contributed by atoms with Gasteiger partial charge in [0.25, 0.3) is 5.91 Å². The molecule has 6 heteroatoms. The number of carbonyl (C=O) groups excluding carboxylic acids is 1. The largest absolute Gasteiger partial charge is 0.378 e. The zero-order valence-corrected chi connectivity index (χ0v) is 13.8. The lowest BCUT2D eigenvalue weighted by molar-refractivity contribution is 0.0763. The van der Waals surface area contributed by atoms with Crippen LogP contribution in [0, 0.1) is 0 Å². The van der Waals surface area contributed by atoms with Crippen molar-refractivity contribution in [3.63, 3.8) is 0 Å². The van der Waals surface area contributed by atoms with Gasteiger partial charge in [-0.3, -0.25) is 9.89 Å². The summed E-state index contributed by atoms with van der Waals surface area (Å²) in [6.45, 7) is 4.62.